The van der Waals surface area contributed by atoms with Gasteiger partial charge < -0.3 is 4.74 Å². The molecule has 0 aliphatic heterocycles. The molecular formula is C15H29ClO2. The summed E-state index contributed by atoms with van der Waals surface area (Å²) in [5.74, 6) is 0.734. The molecule has 18 heavy (non-hydrogen) atoms. The summed E-state index contributed by atoms with van der Waals surface area (Å²) in [6.07, 6.45) is 14.5. The molecule has 3 heteroatoms. The van der Waals surface area contributed by atoms with Crippen LogP contribution in [0.1, 0.15) is 77.0 Å². The molecule has 0 bridgehead atoms. The van der Waals surface area contributed by atoms with Crippen LogP contribution in [0.2, 0.25) is 0 Å². The van der Waals surface area contributed by atoms with Crippen LogP contribution in [0.15, 0.2) is 0 Å². The third-order valence-electron chi connectivity index (χ3n) is 3.24. The number of halogens is 1. The van der Waals surface area contributed by atoms with Gasteiger partial charge in [0.1, 0.15) is 0 Å². The monoisotopic (exact) mass is 276 g/mol. The van der Waals surface area contributed by atoms with Gasteiger partial charge in [-0.15, -0.1) is 11.6 Å². The lowest BCUT2D eigenvalue weighted by Crippen LogP contribution is -1.99. The van der Waals surface area contributed by atoms with Gasteiger partial charge in [0.25, 0.3) is 0 Å². The Balaban J connectivity index is 2.97. The minimum atomic E-state index is -0.0769. The quantitative estimate of drug-likeness (QED) is 0.266. The van der Waals surface area contributed by atoms with Crippen molar-refractivity contribution < 1.29 is 9.53 Å². The Labute approximate surface area is 117 Å². The van der Waals surface area contributed by atoms with Crippen LogP contribution < -0.4 is 0 Å². The highest BCUT2D eigenvalue weighted by atomic mass is 35.5. The Morgan fingerprint density at radius 2 is 1.17 bits per heavy atom. The topological polar surface area (TPSA) is 26.3 Å². The van der Waals surface area contributed by atoms with Crippen LogP contribution in [0.4, 0.5) is 0 Å². The number of unbranched alkanes of at least 4 members (excludes halogenated alkanes) is 10. The summed E-state index contributed by atoms with van der Waals surface area (Å²) in [4.78, 5) is 10.9. The Morgan fingerprint density at radius 3 is 1.56 bits per heavy atom. The third-order valence-corrected chi connectivity index (χ3v) is 3.51. The van der Waals surface area contributed by atoms with E-state index in [9.17, 15) is 4.79 Å². The maximum Gasteiger partial charge on any atom is 0.305 e. The van der Waals surface area contributed by atoms with Crippen molar-refractivity contribution in [1.82, 2.24) is 0 Å². The summed E-state index contributed by atoms with van der Waals surface area (Å²) in [5, 5.41) is 0. The van der Waals surface area contributed by atoms with Crippen LogP contribution in [-0.2, 0) is 9.53 Å². The van der Waals surface area contributed by atoms with E-state index in [4.69, 9.17) is 11.6 Å². The van der Waals surface area contributed by atoms with E-state index in [0.29, 0.717) is 6.42 Å². The molecule has 0 saturated carbocycles. The highest BCUT2D eigenvalue weighted by molar-refractivity contribution is 6.17. The van der Waals surface area contributed by atoms with Crippen molar-refractivity contribution in [3.05, 3.63) is 0 Å². The number of hydrogen-bond acceptors (Lipinski definition) is 2. The molecule has 0 fully saturated rings. The predicted octanol–water partition coefficient (Wildman–Crippen LogP) is 5.08. The second-order valence-electron chi connectivity index (χ2n) is 4.90. The van der Waals surface area contributed by atoms with Crippen LogP contribution in [0, 0.1) is 0 Å². The Morgan fingerprint density at radius 1 is 0.778 bits per heavy atom. The lowest BCUT2D eigenvalue weighted by molar-refractivity contribution is -0.140. The maximum absolute atomic E-state index is 10.9. The molecule has 0 aromatic carbocycles. The van der Waals surface area contributed by atoms with E-state index in [1.807, 2.05) is 0 Å². The van der Waals surface area contributed by atoms with Crippen molar-refractivity contribution >= 4 is 17.6 Å². The summed E-state index contributed by atoms with van der Waals surface area (Å²) in [6, 6.07) is 0. The Kier molecular flexibility index (Phi) is 14.6. The fourth-order valence-corrected chi connectivity index (χ4v) is 2.25. The van der Waals surface area contributed by atoms with Gasteiger partial charge in [-0.05, 0) is 12.8 Å². The lowest BCUT2D eigenvalue weighted by atomic mass is 10.1. The Hall–Kier alpha value is -0.240. The van der Waals surface area contributed by atoms with Crippen molar-refractivity contribution in [1.29, 1.82) is 0 Å². The number of methoxy groups -OCH3 is 1. The van der Waals surface area contributed by atoms with Gasteiger partial charge >= 0.3 is 5.97 Å². The molecule has 0 aliphatic carbocycles. The van der Waals surface area contributed by atoms with E-state index in [2.05, 4.69) is 4.74 Å². The second-order valence-corrected chi connectivity index (χ2v) is 5.28. The fraction of sp³-hybridized carbons (Fsp3) is 0.933. The molecule has 0 saturated heterocycles. The smallest absolute Gasteiger partial charge is 0.305 e. The number of esters is 1. The van der Waals surface area contributed by atoms with Crippen LogP contribution in [0.3, 0.4) is 0 Å². The number of carbonyl (C=O) groups excluding carboxylic acids is 1. The lowest BCUT2D eigenvalue weighted by Gasteiger charge is -2.02. The molecule has 0 aliphatic rings. The van der Waals surface area contributed by atoms with E-state index >= 15 is 0 Å². The number of hydrogen-bond donors (Lipinski definition) is 0. The highest BCUT2D eigenvalue weighted by Gasteiger charge is 1.99. The fourth-order valence-electron chi connectivity index (χ4n) is 2.06. The summed E-state index contributed by atoms with van der Waals surface area (Å²) >= 11 is 5.62. The Bertz CT molecular complexity index is 183. The molecule has 0 amide bonds. The van der Waals surface area contributed by atoms with E-state index in [1.54, 1.807) is 0 Å². The number of carbonyl (C=O) groups is 1. The van der Waals surface area contributed by atoms with E-state index in [1.165, 1.54) is 64.9 Å². The van der Waals surface area contributed by atoms with Gasteiger partial charge in [0, 0.05) is 12.3 Å². The first-order chi connectivity index (χ1) is 8.81. The summed E-state index contributed by atoms with van der Waals surface area (Å²) in [6.45, 7) is 0. The van der Waals surface area contributed by atoms with Crippen molar-refractivity contribution in [2.45, 2.75) is 77.0 Å². The maximum atomic E-state index is 10.9. The van der Waals surface area contributed by atoms with Gasteiger partial charge in [-0.2, -0.15) is 0 Å². The second kappa shape index (κ2) is 14.8. The largest absolute Gasteiger partial charge is 0.469 e. The van der Waals surface area contributed by atoms with E-state index < -0.39 is 0 Å². The third kappa shape index (κ3) is 13.8. The molecule has 0 spiro atoms. The average molecular weight is 277 g/mol. The average Bonchev–Trinajstić information content (AvgIpc) is 2.39. The zero-order valence-electron chi connectivity index (χ0n) is 11.9. The van der Waals surface area contributed by atoms with Crippen molar-refractivity contribution in [2.24, 2.45) is 0 Å². The van der Waals surface area contributed by atoms with Gasteiger partial charge in [0.15, 0.2) is 0 Å². The molecule has 0 radical (unpaired) electrons. The van der Waals surface area contributed by atoms with Crippen molar-refractivity contribution in [2.75, 3.05) is 13.0 Å². The van der Waals surface area contributed by atoms with Gasteiger partial charge in [-0.25, -0.2) is 0 Å². The molecule has 0 aromatic heterocycles. The zero-order chi connectivity index (χ0) is 13.5. The molecule has 0 heterocycles. The first-order valence-corrected chi connectivity index (χ1v) is 7.97. The standard InChI is InChI=1S/C15H29ClO2/c1-18-15(17)13-11-9-7-5-3-2-4-6-8-10-12-14-16/h2-14H2,1H3. The molecule has 2 nitrogen and oxygen atoms in total. The minimum absolute atomic E-state index is 0.0769. The van der Waals surface area contributed by atoms with Gasteiger partial charge in [-0.3, -0.25) is 4.79 Å². The summed E-state index contributed by atoms with van der Waals surface area (Å²) in [7, 11) is 1.45. The predicted molar refractivity (Wildman–Crippen MR) is 78.1 cm³/mol. The van der Waals surface area contributed by atoms with Gasteiger partial charge in [0.2, 0.25) is 0 Å². The SMILES string of the molecule is COC(=O)CCCCCCCCCCCCCCl. The van der Waals surface area contributed by atoms with Crippen molar-refractivity contribution in [3.8, 4) is 0 Å². The summed E-state index contributed by atoms with van der Waals surface area (Å²) < 4.78 is 4.60. The van der Waals surface area contributed by atoms with E-state index in [0.717, 1.165) is 18.7 Å². The van der Waals surface area contributed by atoms with Crippen molar-refractivity contribution in [3.63, 3.8) is 0 Å². The molecule has 108 valence electrons. The van der Waals surface area contributed by atoms with Crippen LogP contribution in [-0.4, -0.2) is 19.0 Å². The molecule has 0 rings (SSSR count). The van der Waals surface area contributed by atoms with E-state index in [-0.39, 0.29) is 5.97 Å². The normalized spacial score (nSPS) is 10.6. The first kappa shape index (κ1) is 17.8. The zero-order valence-corrected chi connectivity index (χ0v) is 12.6. The number of alkyl halides is 1. The molecular weight excluding hydrogens is 248 g/mol. The summed E-state index contributed by atoms with van der Waals surface area (Å²) in [5.41, 5.74) is 0. The van der Waals surface area contributed by atoms with Crippen LogP contribution >= 0.6 is 11.6 Å². The minimum Gasteiger partial charge on any atom is -0.469 e. The molecule has 0 aromatic rings. The first-order valence-electron chi connectivity index (χ1n) is 7.44. The molecule has 0 N–H and O–H groups in total. The van der Waals surface area contributed by atoms with Gasteiger partial charge in [-0.1, -0.05) is 57.8 Å². The van der Waals surface area contributed by atoms with Crippen LogP contribution in [0.25, 0.3) is 0 Å². The molecule has 0 unspecified atom stereocenters. The number of rotatable bonds is 13. The van der Waals surface area contributed by atoms with Crippen LogP contribution in [0.5, 0.6) is 0 Å². The van der Waals surface area contributed by atoms with Gasteiger partial charge in [0.05, 0.1) is 7.11 Å². The molecule has 0 atom stereocenters. The number of ether oxygens (including phenoxy) is 1. The highest BCUT2D eigenvalue weighted by Crippen LogP contribution is 2.12.